The maximum atomic E-state index is 12.3. The Morgan fingerprint density at radius 1 is 0.967 bits per heavy atom. The summed E-state index contributed by atoms with van der Waals surface area (Å²) in [6, 6.07) is 24.3. The molecule has 4 rings (SSSR count). The lowest BCUT2D eigenvalue weighted by Crippen LogP contribution is -2.19. The number of rotatable bonds is 7. The van der Waals surface area contributed by atoms with Crippen LogP contribution in [0.4, 0.5) is 0 Å². The summed E-state index contributed by atoms with van der Waals surface area (Å²) in [5.41, 5.74) is 5.81. The minimum atomic E-state index is -0.126. The first-order valence-electron chi connectivity index (χ1n) is 9.85. The van der Waals surface area contributed by atoms with Crippen molar-refractivity contribution in [2.45, 2.75) is 13.0 Å². The topological polar surface area (TPSA) is 55.6 Å². The Kier molecular flexibility index (Phi) is 5.90. The summed E-state index contributed by atoms with van der Waals surface area (Å²) in [5.74, 6) is 0.663. The Hall–Kier alpha value is -3.86. The molecular weight excluding hydrogens is 374 g/mol. The van der Waals surface area contributed by atoms with E-state index >= 15 is 0 Å². The minimum absolute atomic E-state index is 0.126. The second-order valence-electron chi connectivity index (χ2n) is 6.85. The van der Waals surface area contributed by atoms with Crippen LogP contribution in [0, 0.1) is 0 Å². The molecule has 150 valence electrons. The molecule has 30 heavy (non-hydrogen) atoms. The number of aromatic nitrogens is 1. The maximum Gasteiger partial charge on any atom is 0.241 e. The van der Waals surface area contributed by atoms with E-state index in [1.165, 1.54) is 10.8 Å². The van der Waals surface area contributed by atoms with Crippen molar-refractivity contribution in [3.8, 4) is 5.75 Å². The molecule has 0 fully saturated rings. The summed E-state index contributed by atoms with van der Waals surface area (Å²) in [6.45, 7) is 0.590. The van der Waals surface area contributed by atoms with Crippen LogP contribution in [-0.4, -0.2) is 23.8 Å². The highest BCUT2D eigenvalue weighted by molar-refractivity contribution is 6.08. The number of methoxy groups -OCH3 is 1. The number of nitrogens with one attached hydrogen (secondary N) is 1. The fourth-order valence-corrected chi connectivity index (χ4v) is 3.62. The van der Waals surface area contributed by atoms with Crippen LogP contribution >= 0.6 is 0 Å². The molecule has 0 aliphatic heterocycles. The molecule has 4 aromatic rings. The van der Waals surface area contributed by atoms with Crippen LogP contribution in [0.5, 0.6) is 5.75 Å². The van der Waals surface area contributed by atoms with Crippen molar-refractivity contribution < 1.29 is 9.53 Å². The second kappa shape index (κ2) is 9.09. The Labute approximate surface area is 175 Å². The Morgan fingerprint density at radius 3 is 2.30 bits per heavy atom. The number of hydrogen-bond acceptors (Lipinski definition) is 3. The molecule has 1 aromatic heterocycles. The van der Waals surface area contributed by atoms with Crippen molar-refractivity contribution in [1.29, 1.82) is 0 Å². The molecular formula is C25H23N3O2. The van der Waals surface area contributed by atoms with Gasteiger partial charge in [0.2, 0.25) is 5.91 Å². The van der Waals surface area contributed by atoms with Crippen LogP contribution in [0.15, 0.2) is 84.0 Å². The van der Waals surface area contributed by atoms with Gasteiger partial charge in [0.05, 0.1) is 7.11 Å². The molecule has 0 atom stereocenters. The lowest BCUT2D eigenvalue weighted by molar-refractivity contribution is -0.121. The Bertz CT molecular complexity index is 1180. The van der Waals surface area contributed by atoms with Crippen LogP contribution in [0.3, 0.4) is 0 Å². The van der Waals surface area contributed by atoms with Crippen LogP contribution in [0.1, 0.15) is 12.0 Å². The molecule has 0 aliphatic rings. The van der Waals surface area contributed by atoms with Crippen molar-refractivity contribution >= 4 is 40.0 Å². The van der Waals surface area contributed by atoms with E-state index in [2.05, 4.69) is 39.4 Å². The molecule has 5 nitrogen and oxygen atoms in total. The third kappa shape index (κ3) is 4.10. The Morgan fingerprint density at radius 2 is 1.60 bits per heavy atom. The molecule has 1 amide bonds. The number of amides is 1. The number of nitrogens with zero attached hydrogens (tertiary/aromatic N) is 2. The molecule has 0 bridgehead atoms. The van der Waals surface area contributed by atoms with Gasteiger partial charge in [-0.05, 0) is 30.4 Å². The van der Waals surface area contributed by atoms with Gasteiger partial charge in [-0.3, -0.25) is 4.79 Å². The number of fused-ring (bicyclic) bond motifs is 3. The largest absolute Gasteiger partial charge is 0.496 e. The van der Waals surface area contributed by atoms with E-state index in [1.54, 1.807) is 19.4 Å². The van der Waals surface area contributed by atoms with Gasteiger partial charge in [0, 0.05) is 46.5 Å². The van der Waals surface area contributed by atoms with E-state index in [4.69, 9.17) is 4.74 Å². The molecule has 0 aliphatic carbocycles. The summed E-state index contributed by atoms with van der Waals surface area (Å²) >= 11 is 0. The smallest absolute Gasteiger partial charge is 0.241 e. The van der Waals surface area contributed by atoms with E-state index in [-0.39, 0.29) is 5.91 Å². The molecule has 0 saturated heterocycles. The van der Waals surface area contributed by atoms with Crippen molar-refractivity contribution in [1.82, 2.24) is 9.99 Å². The van der Waals surface area contributed by atoms with Gasteiger partial charge in [-0.25, -0.2) is 5.43 Å². The number of benzene rings is 3. The fraction of sp³-hybridized carbons (Fsp3) is 0.120. The third-order valence-corrected chi connectivity index (χ3v) is 5.01. The number of ether oxygens (including phenoxy) is 1. The van der Waals surface area contributed by atoms with Gasteiger partial charge in [-0.15, -0.1) is 0 Å². The van der Waals surface area contributed by atoms with Crippen molar-refractivity contribution in [2.75, 3.05) is 7.11 Å². The van der Waals surface area contributed by atoms with Crippen LogP contribution in [0.25, 0.3) is 27.9 Å². The lowest BCUT2D eigenvalue weighted by atomic mass is 10.2. The van der Waals surface area contributed by atoms with E-state index in [9.17, 15) is 4.79 Å². The SMILES string of the molecule is COc1ccccc1/C=C/C=N\NC(=O)CCn1c2ccccc2c2ccccc21. The lowest BCUT2D eigenvalue weighted by Gasteiger charge is -2.06. The van der Waals surface area contributed by atoms with Gasteiger partial charge >= 0.3 is 0 Å². The van der Waals surface area contributed by atoms with Crippen LogP contribution < -0.4 is 10.2 Å². The predicted octanol–water partition coefficient (Wildman–Crippen LogP) is 5.01. The predicted molar refractivity (Wildman–Crippen MR) is 123 cm³/mol. The standard InChI is InChI=1S/C25H23N3O2/c1-30-24-15-7-2-9-19(24)10-8-17-26-27-25(29)16-18-28-22-13-5-3-11-20(22)21-12-4-6-14-23(21)28/h2-15,17H,16,18H2,1H3,(H,27,29)/b10-8+,26-17-. The number of carbonyl (C=O) groups excluding carboxylic acids is 1. The first-order chi connectivity index (χ1) is 14.8. The normalized spacial score (nSPS) is 11.6. The first-order valence-corrected chi connectivity index (χ1v) is 9.85. The highest BCUT2D eigenvalue weighted by Crippen LogP contribution is 2.28. The molecule has 1 N–H and O–H groups in total. The summed E-state index contributed by atoms with van der Waals surface area (Å²) in [6.07, 6.45) is 5.55. The van der Waals surface area contributed by atoms with Gasteiger partial charge in [-0.1, -0.05) is 54.6 Å². The summed E-state index contributed by atoms with van der Waals surface area (Å²) in [7, 11) is 1.64. The number of hydrazone groups is 1. The zero-order valence-electron chi connectivity index (χ0n) is 16.8. The van der Waals surface area contributed by atoms with Crippen molar-refractivity contribution in [3.63, 3.8) is 0 Å². The van der Waals surface area contributed by atoms with E-state index in [0.717, 1.165) is 22.3 Å². The van der Waals surface area contributed by atoms with Gasteiger partial charge < -0.3 is 9.30 Å². The van der Waals surface area contributed by atoms with E-state index in [0.29, 0.717) is 13.0 Å². The number of carbonyl (C=O) groups is 1. The van der Waals surface area contributed by atoms with E-state index in [1.807, 2.05) is 54.6 Å². The highest BCUT2D eigenvalue weighted by Gasteiger charge is 2.10. The number of allylic oxidation sites excluding steroid dienone is 1. The minimum Gasteiger partial charge on any atom is -0.496 e. The molecule has 0 spiro atoms. The Balaban J connectivity index is 1.38. The van der Waals surface area contributed by atoms with Crippen molar-refractivity contribution in [3.05, 3.63) is 84.4 Å². The highest BCUT2D eigenvalue weighted by atomic mass is 16.5. The first kappa shape index (κ1) is 19.5. The van der Waals surface area contributed by atoms with Crippen LogP contribution in [0.2, 0.25) is 0 Å². The zero-order valence-corrected chi connectivity index (χ0v) is 16.8. The number of aryl methyl sites for hydroxylation is 1. The average molecular weight is 397 g/mol. The maximum absolute atomic E-state index is 12.3. The van der Waals surface area contributed by atoms with Crippen LogP contribution in [-0.2, 0) is 11.3 Å². The molecule has 0 unspecified atom stereocenters. The van der Waals surface area contributed by atoms with Gasteiger partial charge in [-0.2, -0.15) is 5.10 Å². The van der Waals surface area contributed by atoms with Gasteiger partial charge in [0.1, 0.15) is 5.75 Å². The van der Waals surface area contributed by atoms with Gasteiger partial charge in [0.25, 0.3) is 0 Å². The summed E-state index contributed by atoms with van der Waals surface area (Å²) in [5, 5.41) is 6.41. The van der Waals surface area contributed by atoms with Gasteiger partial charge in [0.15, 0.2) is 0 Å². The number of hydrogen-bond donors (Lipinski definition) is 1. The second-order valence-corrected chi connectivity index (χ2v) is 6.85. The molecule has 5 heteroatoms. The third-order valence-electron chi connectivity index (χ3n) is 5.01. The number of para-hydroxylation sites is 3. The average Bonchev–Trinajstić information content (AvgIpc) is 3.11. The molecule has 1 heterocycles. The fourth-order valence-electron chi connectivity index (χ4n) is 3.62. The molecule has 0 radical (unpaired) electrons. The quantitative estimate of drug-likeness (QED) is 0.352. The monoisotopic (exact) mass is 397 g/mol. The van der Waals surface area contributed by atoms with Crippen molar-refractivity contribution in [2.24, 2.45) is 5.10 Å². The van der Waals surface area contributed by atoms with E-state index < -0.39 is 0 Å². The molecule has 3 aromatic carbocycles. The molecule has 0 saturated carbocycles. The summed E-state index contributed by atoms with van der Waals surface area (Å²) in [4.78, 5) is 12.3. The summed E-state index contributed by atoms with van der Waals surface area (Å²) < 4.78 is 7.49. The zero-order chi connectivity index (χ0) is 20.8.